The summed E-state index contributed by atoms with van der Waals surface area (Å²) < 4.78 is 0. The zero-order valence-electron chi connectivity index (χ0n) is 9.54. The Labute approximate surface area is 104 Å². The fourth-order valence-electron chi connectivity index (χ4n) is 1.83. The number of pyridine rings is 2. The molecule has 3 heteroatoms. The number of benzene rings is 1. The van der Waals surface area contributed by atoms with Crippen LogP contribution in [0.4, 0.5) is 0 Å². The number of hydrogen-bond donors (Lipinski definition) is 0. The van der Waals surface area contributed by atoms with E-state index in [0.717, 1.165) is 22.3 Å². The van der Waals surface area contributed by atoms with Crippen molar-refractivity contribution in [3.05, 3.63) is 60.3 Å². The first-order valence-corrected chi connectivity index (χ1v) is 5.59. The van der Waals surface area contributed by atoms with Gasteiger partial charge in [-0.3, -0.25) is 0 Å². The van der Waals surface area contributed by atoms with E-state index in [4.69, 9.17) is 5.26 Å². The zero-order valence-corrected chi connectivity index (χ0v) is 9.54. The average molecular weight is 231 g/mol. The predicted octanol–water partition coefficient (Wildman–Crippen LogP) is 3.17. The maximum atomic E-state index is 8.76. The second-order valence-electron chi connectivity index (χ2n) is 3.94. The summed E-state index contributed by atoms with van der Waals surface area (Å²) >= 11 is 0. The molecule has 0 saturated carbocycles. The van der Waals surface area contributed by atoms with E-state index in [9.17, 15) is 0 Å². The number of rotatable bonds is 1. The molecule has 0 aliphatic heterocycles. The van der Waals surface area contributed by atoms with E-state index < -0.39 is 0 Å². The van der Waals surface area contributed by atoms with Gasteiger partial charge in [0.1, 0.15) is 0 Å². The van der Waals surface area contributed by atoms with Crippen molar-refractivity contribution in [3.8, 4) is 17.3 Å². The lowest BCUT2D eigenvalue weighted by Gasteiger charge is -2.02. The summed E-state index contributed by atoms with van der Waals surface area (Å²) in [5, 5.41) is 9.79. The van der Waals surface area contributed by atoms with Crippen LogP contribution in [0.2, 0.25) is 0 Å². The van der Waals surface area contributed by atoms with Crippen molar-refractivity contribution < 1.29 is 0 Å². The van der Waals surface area contributed by atoms with E-state index in [-0.39, 0.29) is 0 Å². The Hall–Kier alpha value is -2.73. The standard InChI is InChI=1S/C15H9N3/c16-10-11-3-5-12(6-4-11)14-8-7-13-2-1-9-17-15(13)18-14/h1-9H. The van der Waals surface area contributed by atoms with E-state index in [2.05, 4.69) is 16.0 Å². The van der Waals surface area contributed by atoms with E-state index in [1.165, 1.54) is 0 Å². The molecule has 84 valence electrons. The average Bonchev–Trinajstić information content (AvgIpc) is 2.47. The molecule has 0 radical (unpaired) electrons. The normalized spacial score (nSPS) is 10.2. The Balaban J connectivity index is 2.10. The lowest BCUT2D eigenvalue weighted by Crippen LogP contribution is -1.87. The minimum absolute atomic E-state index is 0.651. The highest BCUT2D eigenvalue weighted by atomic mass is 14.8. The van der Waals surface area contributed by atoms with E-state index in [1.807, 2.05) is 36.4 Å². The first kappa shape index (κ1) is 10.4. The molecule has 0 aliphatic carbocycles. The van der Waals surface area contributed by atoms with E-state index in [0.29, 0.717) is 5.56 Å². The van der Waals surface area contributed by atoms with Gasteiger partial charge in [0, 0.05) is 17.1 Å². The molecule has 0 N–H and O–H groups in total. The molecule has 0 bridgehead atoms. The molecule has 0 aliphatic rings. The highest BCUT2D eigenvalue weighted by molar-refractivity contribution is 5.78. The first-order chi connectivity index (χ1) is 8.86. The molecule has 3 rings (SSSR count). The number of nitrogens with zero attached hydrogens (tertiary/aromatic N) is 3. The van der Waals surface area contributed by atoms with Gasteiger partial charge in [-0.2, -0.15) is 5.26 Å². The van der Waals surface area contributed by atoms with Crippen LogP contribution in [0.15, 0.2) is 54.7 Å². The molecule has 1 aromatic carbocycles. The van der Waals surface area contributed by atoms with Crippen molar-refractivity contribution in [2.24, 2.45) is 0 Å². The second-order valence-corrected chi connectivity index (χ2v) is 3.94. The number of hydrogen-bond acceptors (Lipinski definition) is 3. The van der Waals surface area contributed by atoms with Crippen LogP contribution >= 0.6 is 0 Å². The number of nitriles is 1. The topological polar surface area (TPSA) is 49.6 Å². The van der Waals surface area contributed by atoms with Gasteiger partial charge in [0.15, 0.2) is 5.65 Å². The second kappa shape index (κ2) is 4.27. The van der Waals surface area contributed by atoms with Gasteiger partial charge < -0.3 is 0 Å². The summed E-state index contributed by atoms with van der Waals surface area (Å²) in [5.41, 5.74) is 3.24. The summed E-state index contributed by atoms with van der Waals surface area (Å²) in [6.45, 7) is 0. The monoisotopic (exact) mass is 231 g/mol. The molecule has 3 aromatic rings. The van der Waals surface area contributed by atoms with Crippen molar-refractivity contribution in [1.82, 2.24) is 9.97 Å². The van der Waals surface area contributed by atoms with Crippen LogP contribution in [0, 0.1) is 11.3 Å². The SMILES string of the molecule is N#Cc1ccc(-c2ccc3cccnc3n2)cc1. The molecule has 0 atom stereocenters. The van der Waals surface area contributed by atoms with Crippen molar-refractivity contribution in [2.75, 3.05) is 0 Å². The van der Waals surface area contributed by atoms with Crippen LogP contribution in [0.1, 0.15) is 5.56 Å². The zero-order chi connectivity index (χ0) is 12.4. The van der Waals surface area contributed by atoms with Crippen LogP contribution in [0.25, 0.3) is 22.3 Å². The Kier molecular flexibility index (Phi) is 2.47. The molecule has 0 amide bonds. The Bertz CT molecular complexity index is 740. The quantitative estimate of drug-likeness (QED) is 0.646. The fraction of sp³-hybridized carbons (Fsp3) is 0. The Morgan fingerprint density at radius 2 is 1.78 bits per heavy atom. The van der Waals surface area contributed by atoms with Crippen LogP contribution in [0.5, 0.6) is 0 Å². The molecule has 0 unspecified atom stereocenters. The van der Waals surface area contributed by atoms with Crippen molar-refractivity contribution >= 4 is 11.0 Å². The van der Waals surface area contributed by atoms with Gasteiger partial charge in [0.25, 0.3) is 0 Å². The Morgan fingerprint density at radius 1 is 0.944 bits per heavy atom. The molecular formula is C15H9N3. The van der Waals surface area contributed by atoms with Crippen molar-refractivity contribution in [3.63, 3.8) is 0 Å². The minimum atomic E-state index is 0.651. The highest BCUT2D eigenvalue weighted by Crippen LogP contribution is 2.20. The van der Waals surface area contributed by atoms with Crippen LogP contribution in [-0.4, -0.2) is 9.97 Å². The molecule has 0 saturated heterocycles. The maximum Gasteiger partial charge on any atom is 0.159 e. The van der Waals surface area contributed by atoms with Gasteiger partial charge in [-0.25, -0.2) is 9.97 Å². The van der Waals surface area contributed by atoms with E-state index in [1.54, 1.807) is 18.3 Å². The number of aromatic nitrogens is 2. The summed E-state index contributed by atoms with van der Waals surface area (Å²) in [4.78, 5) is 8.74. The lowest BCUT2D eigenvalue weighted by molar-refractivity contribution is 1.29. The van der Waals surface area contributed by atoms with Crippen LogP contribution in [0.3, 0.4) is 0 Å². The molecule has 3 nitrogen and oxygen atoms in total. The van der Waals surface area contributed by atoms with Crippen molar-refractivity contribution in [2.45, 2.75) is 0 Å². The molecule has 2 heterocycles. The molecule has 2 aromatic heterocycles. The minimum Gasteiger partial charge on any atom is -0.237 e. The highest BCUT2D eigenvalue weighted by Gasteiger charge is 2.01. The van der Waals surface area contributed by atoms with Gasteiger partial charge >= 0.3 is 0 Å². The molecule has 0 fully saturated rings. The molecule has 18 heavy (non-hydrogen) atoms. The predicted molar refractivity (Wildman–Crippen MR) is 69.7 cm³/mol. The molecular weight excluding hydrogens is 222 g/mol. The summed E-state index contributed by atoms with van der Waals surface area (Å²) in [6.07, 6.45) is 1.73. The van der Waals surface area contributed by atoms with Gasteiger partial charge in [-0.15, -0.1) is 0 Å². The molecule has 0 spiro atoms. The Morgan fingerprint density at radius 3 is 2.56 bits per heavy atom. The van der Waals surface area contributed by atoms with Gasteiger partial charge in [0.2, 0.25) is 0 Å². The van der Waals surface area contributed by atoms with Gasteiger partial charge in [0.05, 0.1) is 17.3 Å². The van der Waals surface area contributed by atoms with Gasteiger partial charge in [-0.1, -0.05) is 12.1 Å². The smallest absolute Gasteiger partial charge is 0.159 e. The van der Waals surface area contributed by atoms with Crippen molar-refractivity contribution in [1.29, 1.82) is 5.26 Å². The third-order valence-electron chi connectivity index (χ3n) is 2.77. The summed E-state index contributed by atoms with van der Waals surface area (Å²) in [6, 6.07) is 17.3. The first-order valence-electron chi connectivity index (χ1n) is 5.59. The third-order valence-corrected chi connectivity index (χ3v) is 2.77. The summed E-state index contributed by atoms with van der Waals surface area (Å²) in [7, 11) is 0. The van der Waals surface area contributed by atoms with Crippen LogP contribution < -0.4 is 0 Å². The summed E-state index contributed by atoms with van der Waals surface area (Å²) in [5.74, 6) is 0. The van der Waals surface area contributed by atoms with Gasteiger partial charge in [-0.05, 0) is 36.4 Å². The fourth-order valence-corrected chi connectivity index (χ4v) is 1.83. The van der Waals surface area contributed by atoms with E-state index >= 15 is 0 Å². The number of fused-ring (bicyclic) bond motifs is 1. The third kappa shape index (κ3) is 1.80. The largest absolute Gasteiger partial charge is 0.237 e. The van der Waals surface area contributed by atoms with Crippen LogP contribution in [-0.2, 0) is 0 Å². The maximum absolute atomic E-state index is 8.76. The lowest BCUT2D eigenvalue weighted by atomic mass is 10.1.